The summed E-state index contributed by atoms with van der Waals surface area (Å²) in [4.78, 5) is 10.8. The van der Waals surface area contributed by atoms with Crippen LogP contribution in [0.15, 0.2) is 24.3 Å². The van der Waals surface area contributed by atoms with Crippen molar-refractivity contribution in [2.45, 2.75) is 26.4 Å². The Hall–Kier alpha value is -1.82. The number of Topliss-reactive ketones (excluding diaryl/α,β-unsaturated/α-hetero) is 1. The van der Waals surface area contributed by atoms with Gasteiger partial charge in [-0.1, -0.05) is 6.07 Å². The van der Waals surface area contributed by atoms with Crippen LogP contribution in [0.25, 0.3) is 0 Å². The van der Waals surface area contributed by atoms with Gasteiger partial charge in [0.05, 0.1) is 11.6 Å². The second kappa shape index (κ2) is 5.16. The molecule has 1 aromatic carbocycles. The molecule has 1 atom stereocenters. The number of nitriles is 1. The van der Waals surface area contributed by atoms with Crippen molar-refractivity contribution >= 4 is 5.78 Å². The van der Waals surface area contributed by atoms with Gasteiger partial charge in [0.2, 0.25) is 0 Å². The highest BCUT2D eigenvalue weighted by atomic mass is 16.5. The number of benzene rings is 1. The number of nitrogens with zero attached hydrogens (tertiary/aromatic N) is 1. The molecular formula is C12H13NO2. The van der Waals surface area contributed by atoms with Crippen LogP contribution in [0.4, 0.5) is 0 Å². The first kappa shape index (κ1) is 11.3. The van der Waals surface area contributed by atoms with Crippen molar-refractivity contribution in [2.75, 3.05) is 0 Å². The Balaban J connectivity index is 2.64. The third-order valence-corrected chi connectivity index (χ3v) is 1.88. The minimum atomic E-state index is -0.156. The number of carbonyl (C=O) groups is 1. The molecule has 0 N–H and O–H groups in total. The summed E-state index contributed by atoms with van der Waals surface area (Å²) in [5, 5.41) is 8.68. The maximum absolute atomic E-state index is 10.8. The van der Waals surface area contributed by atoms with E-state index in [9.17, 15) is 4.79 Å². The largest absolute Gasteiger partial charge is 0.490 e. The molecule has 0 heterocycles. The first-order chi connectivity index (χ1) is 7.11. The maximum atomic E-state index is 10.8. The quantitative estimate of drug-likeness (QED) is 0.754. The second-order valence-corrected chi connectivity index (χ2v) is 3.47. The molecule has 0 amide bonds. The molecule has 1 aromatic rings. The van der Waals surface area contributed by atoms with Crippen molar-refractivity contribution in [3.63, 3.8) is 0 Å². The van der Waals surface area contributed by atoms with Gasteiger partial charge in [0, 0.05) is 6.42 Å². The number of hydrogen-bond acceptors (Lipinski definition) is 3. The second-order valence-electron chi connectivity index (χ2n) is 3.47. The first-order valence-electron chi connectivity index (χ1n) is 4.78. The number of carbonyl (C=O) groups excluding carboxylic acids is 1. The SMILES string of the molecule is CC(=O)CC(C)Oc1cccc(C#N)c1. The zero-order valence-corrected chi connectivity index (χ0v) is 8.86. The lowest BCUT2D eigenvalue weighted by molar-refractivity contribution is -0.118. The molecule has 0 fully saturated rings. The maximum Gasteiger partial charge on any atom is 0.133 e. The molecule has 15 heavy (non-hydrogen) atoms. The summed E-state index contributed by atoms with van der Waals surface area (Å²) in [6, 6.07) is 8.94. The molecular weight excluding hydrogens is 190 g/mol. The summed E-state index contributed by atoms with van der Waals surface area (Å²) in [6.07, 6.45) is 0.230. The Bertz CT molecular complexity index is 393. The van der Waals surface area contributed by atoms with Gasteiger partial charge in [-0.25, -0.2) is 0 Å². The molecule has 0 aliphatic rings. The lowest BCUT2D eigenvalue weighted by atomic mass is 10.2. The standard InChI is InChI=1S/C12H13NO2/c1-9(14)6-10(2)15-12-5-3-4-11(7-12)8-13/h3-5,7,10H,6H2,1-2H3. The van der Waals surface area contributed by atoms with Crippen molar-refractivity contribution in [3.05, 3.63) is 29.8 Å². The van der Waals surface area contributed by atoms with Crippen LogP contribution in [-0.4, -0.2) is 11.9 Å². The molecule has 0 saturated heterocycles. The van der Waals surface area contributed by atoms with E-state index in [1.807, 2.05) is 13.0 Å². The van der Waals surface area contributed by atoms with E-state index in [0.717, 1.165) is 0 Å². The van der Waals surface area contributed by atoms with E-state index in [2.05, 4.69) is 0 Å². The third kappa shape index (κ3) is 3.82. The monoisotopic (exact) mass is 203 g/mol. The molecule has 0 aromatic heterocycles. The zero-order valence-electron chi connectivity index (χ0n) is 8.86. The van der Waals surface area contributed by atoms with Gasteiger partial charge in [-0.3, -0.25) is 4.79 Å². The Morgan fingerprint density at radius 1 is 1.60 bits per heavy atom. The minimum Gasteiger partial charge on any atom is -0.490 e. The molecule has 0 saturated carbocycles. The highest BCUT2D eigenvalue weighted by Gasteiger charge is 2.07. The van der Waals surface area contributed by atoms with Gasteiger partial charge >= 0.3 is 0 Å². The van der Waals surface area contributed by atoms with Crippen LogP contribution in [0.5, 0.6) is 5.75 Å². The smallest absolute Gasteiger partial charge is 0.133 e. The summed E-state index contributed by atoms with van der Waals surface area (Å²) in [5.74, 6) is 0.724. The van der Waals surface area contributed by atoms with Crippen LogP contribution in [0.3, 0.4) is 0 Å². The number of hydrogen-bond donors (Lipinski definition) is 0. The summed E-state index contributed by atoms with van der Waals surface area (Å²) in [7, 11) is 0. The molecule has 0 radical (unpaired) electrons. The van der Waals surface area contributed by atoms with Crippen LogP contribution in [-0.2, 0) is 4.79 Å². The van der Waals surface area contributed by atoms with Gasteiger partial charge in [0.1, 0.15) is 17.6 Å². The molecule has 1 rings (SSSR count). The fourth-order valence-corrected chi connectivity index (χ4v) is 1.32. The van der Waals surface area contributed by atoms with Gasteiger partial charge in [-0.2, -0.15) is 5.26 Å². The van der Waals surface area contributed by atoms with E-state index in [1.165, 1.54) is 6.92 Å². The molecule has 0 spiro atoms. The first-order valence-corrected chi connectivity index (χ1v) is 4.78. The fourth-order valence-electron chi connectivity index (χ4n) is 1.32. The third-order valence-electron chi connectivity index (χ3n) is 1.88. The zero-order chi connectivity index (χ0) is 11.3. The Labute approximate surface area is 89.3 Å². The minimum absolute atomic E-state index is 0.0962. The average Bonchev–Trinajstić information content (AvgIpc) is 2.16. The molecule has 0 aliphatic carbocycles. The van der Waals surface area contributed by atoms with E-state index in [0.29, 0.717) is 17.7 Å². The molecule has 0 aliphatic heterocycles. The molecule has 3 nitrogen and oxygen atoms in total. The Morgan fingerprint density at radius 3 is 2.93 bits per heavy atom. The average molecular weight is 203 g/mol. The van der Waals surface area contributed by atoms with Gasteiger partial charge in [0.15, 0.2) is 0 Å². The Kier molecular flexibility index (Phi) is 3.87. The summed E-state index contributed by atoms with van der Waals surface area (Å²) < 4.78 is 5.50. The topological polar surface area (TPSA) is 50.1 Å². The van der Waals surface area contributed by atoms with Gasteiger partial charge < -0.3 is 4.74 Å². The van der Waals surface area contributed by atoms with Gasteiger partial charge in [-0.05, 0) is 32.0 Å². The number of ether oxygens (including phenoxy) is 1. The van der Waals surface area contributed by atoms with Crippen LogP contribution in [0.1, 0.15) is 25.8 Å². The summed E-state index contributed by atoms with van der Waals surface area (Å²) >= 11 is 0. The Morgan fingerprint density at radius 2 is 2.33 bits per heavy atom. The lowest BCUT2D eigenvalue weighted by Gasteiger charge is -2.12. The van der Waals surface area contributed by atoms with Crippen LogP contribution in [0, 0.1) is 11.3 Å². The van der Waals surface area contributed by atoms with Crippen LogP contribution in [0.2, 0.25) is 0 Å². The predicted octanol–water partition coefficient (Wildman–Crippen LogP) is 2.30. The normalized spacial score (nSPS) is 11.5. The van der Waals surface area contributed by atoms with E-state index in [-0.39, 0.29) is 11.9 Å². The highest BCUT2D eigenvalue weighted by molar-refractivity contribution is 5.75. The van der Waals surface area contributed by atoms with Gasteiger partial charge in [-0.15, -0.1) is 0 Å². The molecule has 0 bridgehead atoms. The van der Waals surface area contributed by atoms with Crippen molar-refractivity contribution in [1.82, 2.24) is 0 Å². The van der Waals surface area contributed by atoms with Crippen molar-refractivity contribution < 1.29 is 9.53 Å². The van der Waals surface area contributed by atoms with Crippen molar-refractivity contribution in [2.24, 2.45) is 0 Å². The predicted molar refractivity (Wildman–Crippen MR) is 56.5 cm³/mol. The van der Waals surface area contributed by atoms with E-state index < -0.39 is 0 Å². The van der Waals surface area contributed by atoms with E-state index in [1.54, 1.807) is 24.3 Å². The van der Waals surface area contributed by atoms with Crippen molar-refractivity contribution in [3.8, 4) is 11.8 Å². The van der Waals surface area contributed by atoms with Crippen molar-refractivity contribution in [1.29, 1.82) is 5.26 Å². The molecule has 78 valence electrons. The molecule has 1 unspecified atom stereocenters. The van der Waals surface area contributed by atoms with Gasteiger partial charge in [0.25, 0.3) is 0 Å². The lowest BCUT2D eigenvalue weighted by Crippen LogP contribution is -2.15. The summed E-state index contributed by atoms with van der Waals surface area (Å²) in [5.41, 5.74) is 0.558. The number of rotatable bonds is 4. The van der Waals surface area contributed by atoms with E-state index >= 15 is 0 Å². The number of ketones is 1. The van der Waals surface area contributed by atoms with Crippen LogP contribution < -0.4 is 4.74 Å². The van der Waals surface area contributed by atoms with E-state index in [4.69, 9.17) is 10.00 Å². The van der Waals surface area contributed by atoms with Crippen LogP contribution >= 0.6 is 0 Å². The fraction of sp³-hybridized carbons (Fsp3) is 0.333. The summed E-state index contributed by atoms with van der Waals surface area (Å²) in [6.45, 7) is 3.37. The molecule has 3 heteroatoms. The highest BCUT2D eigenvalue weighted by Crippen LogP contribution is 2.15.